The van der Waals surface area contributed by atoms with Gasteiger partial charge < -0.3 is 20.6 Å². The summed E-state index contributed by atoms with van der Waals surface area (Å²) in [7, 11) is 0. The molecule has 0 radical (unpaired) electrons. The second-order valence-corrected chi connectivity index (χ2v) is 7.42. The first-order chi connectivity index (χ1) is 14.7. The number of aliphatic hydroxyl groups excluding tert-OH is 1. The van der Waals surface area contributed by atoms with Gasteiger partial charge in [0.05, 0.1) is 18.3 Å². The molecule has 3 aliphatic rings. The van der Waals surface area contributed by atoms with Crippen LogP contribution in [0.2, 0.25) is 0 Å². The number of fused-ring (bicyclic) bond motifs is 3. The van der Waals surface area contributed by atoms with Gasteiger partial charge in [0.1, 0.15) is 17.7 Å². The quantitative estimate of drug-likeness (QED) is 0.552. The summed E-state index contributed by atoms with van der Waals surface area (Å²) in [5.74, 6) is 0.0298. The van der Waals surface area contributed by atoms with Crippen LogP contribution in [-0.2, 0) is 4.79 Å². The van der Waals surface area contributed by atoms with E-state index in [2.05, 4.69) is 25.8 Å². The first-order valence-electron chi connectivity index (χ1n) is 9.72. The van der Waals surface area contributed by atoms with Crippen LogP contribution < -0.4 is 16.0 Å². The largest absolute Gasteiger partial charge is 0.416 e. The lowest BCUT2D eigenvalue weighted by Gasteiger charge is -2.40. The summed E-state index contributed by atoms with van der Waals surface area (Å²) in [6.07, 6.45) is -2.01. The number of carbonyl (C=O) groups excluding carboxylic acids is 2. The normalized spacial score (nSPS) is 23.2. The molecule has 3 aliphatic heterocycles. The van der Waals surface area contributed by atoms with Crippen molar-refractivity contribution in [3.63, 3.8) is 0 Å². The summed E-state index contributed by atoms with van der Waals surface area (Å²) < 4.78 is 37.4. The van der Waals surface area contributed by atoms with Crippen molar-refractivity contribution in [1.29, 1.82) is 0 Å². The fourth-order valence-electron chi connectivity index (χ4n) is 3.79. The third-order valence-electron chi connectivity index (χ3n) is 5.34. The number of halogens is 3. The molecule has 12 heteroatoms. The summed E-state index contributed by atoms with van der Waals surface area (Å²) in [4.78, 5) is 33.1. The van der Waals surface area contributed by atoms with Crippen molar-refractivity contribution in [1.82, 2.24) is 25.4 Å². The first-order valence-corrected chi connectivity index (χ1v) is 9.72. The Hall–Kier alpha value is -3.28. The molecule has 1 saturated heterocycles. The number of amides is 3. The summed E-state index contributed by atoms with van der Waals surface area (Å²) in [5.41, 5.74) is 0.726. The Balaban J connectivity index is 1.48. The van der Waals surface area contributed by atoms with E-state index < -0.39 is 36.8 Å². The van der Waals surface area contributed by atoms with Crippen LogP contribution in [0.25, 0.3) is 0 Å². The molecule has 1 aromatic heterocycles. The Morgan fingerprint density at radius 3 is 2.87 bits per heavy atom. The molecule has 0 aromatic carbocycles. The molecule has 2 bridgehead atoms. The molecule has 31 heavy (non-hydrogen) atoms. The van der Waals surface area contributed by atoms with E-state index in [4.69, 9.17) is 5.11 Å². The molecule has 0 saturated carbocycles. The third kappa shape index (κ3) is 4.29. The fourth-order valence-corrected chi connectivity index (χ4v) is 3.79. The summed E-state index contributed by atoms with van der Waals surface area (Å²) in [5, 5.41) is 16.9. The lowest BCUT2D eigenvalue weighted by molar-refractivity contribution is -0.201. The van der Waals surface area contributed by atoms with Crippen LogP contribution in [0.5, 0.6) is 0 Å². The Kier molecular flexibility index (Phi) is 5.48. The minimum atomic E-state index is -4.82. The third-order valence-corrected chi connectivity index (χ3v) is 5.34. The molecule has 4 rings (SSSR count). The summed E-state index contributed by atoms with van der Waals surface area (Å²) >= 11 is 0. The number of pyridine rings is 1. The maximum Gasteiger partial charge on any atom is 0.416 e. The Morgan fingerprint density at radius 2 is 2.16 bits per heavy atom. The lowest BCUT2D eigenvalue weighted by atomic mass is 10.1. The zero-order chi connectivity index (χ0) is 22.2. The lowest BCUT2D eigenvalue weighted by Crippen LogP contribution is -2.56. The van der Waals surface area contributed by atoms with E-state index in [0.29, 0.717) is 18.2 Å². The van der Waals surface area contributed by atoms with Crippen molar-refractivity contribution in [2.45, 2.75) is 30.8 Å². The topological polar surface area (TPSA) is 110 Å². The van der Waals surface area contributed by atoms with E-state index in [1.165, 1.54) is 11.0 Å². The van der Waals surface area contributed by atoms with Crippen LogP contribution in [0.1, 0.15) is 6.42 Å². The molecule has 166 valence electrons. The van der Waals surface area contributed by atoms with Gasteiger partial charge in [-0.3, -0.25) is 15.0 Å². The molecule has 1 aromatic rings. The SMILES string of the molecule is O=C(NC[C@H](O)C(F)(F)F)C1C=CC2=C(N1)N(C(=O)Nc1ccccn1)[C@H]1CCN2C1. The molecule has 0 spiro atoms. The average Bonchev–Trinajstić information content (AvgIpc) is 3.15. The Bertz CT molecular complexity index is 920. The average molecular weight is 438 g/mol. The zero-order valence-corrected chi connectivity index (χ0v) is 16.3. The second-order valence-electron chi connectivity index (χ2n) is 7.42. The molecule has 4 heterocycles. The summed E-state index contributed by atoms with van der Waals surface area (Å²) in [6.45, 7) is 0.408. The van der Waals surface area contributed by atoms with Gasteiger partial charge in [0.2, 0.25) is 5.91 Å². The number of hydrogen-bond acceptors (Lipinski definition) is 6. The highest BCUT2D eigenvalue weighted by Crippen LogP contribution is 2.33. The minimum Gasteiger partial charge on any atom is -0.382 e. The van der Waals surface area contributed by atoms with Gasteiger partial charge >= 0.3 is 12.2 Å². The van der Waals surface area contributed by atoms with Crippen molar-refractivity contribution in [3.8, 4) is 0 Å². The highest BCUT2D eigenvalue weighted by atomic mass is 19.4. The number of alkyl halides is 3. The second kappa shape index (κ2) is 8.10. The van der Waals surface area contributed by atoms with Gasteiger partial charge in [-0.1, -0.05) is 12.1 Å². The molecule has 9 nitrogen and oxygen atoms in total. The van der Waals surface area contributed by atoms with Gasteiger partial charge in [-0.15, -0.1) is 0 Å². The van der Waals surface area contributed by atoms with Gasteiger partial charge in [-0.2, -0.15) is 13.2 Å². The van der Waals surface area contributed by atoms with Crippen LogP contribution >= 0.6 is 0 Å². The van der Waals surface area contributed by atoms with Gasteiger partial charge in [-0.25, -0.2) is 9.78 Å². The number of anilines is 1. The standard InChI is InChI=1S/C19H21F3N6O3/c20-19(21,22)14(29)9-24-17(30)12-4-5-13-16(25-12)28(11-6-8-27(13)10-11)18(31)26-15-3-1-2-7-23-15/h1-5,7,11-12,14,25,29H,6,8-10H2,(H,24,30)(H,23,26,31)/t11-,12?,14-/m0/s1. The van der Waals surface area contributed by atoms with Crippen LogP contribution in [0.3, 0.4) is 0 Å². The Labute approximate surface area is 175 Å². The highest BCUT2D eigenvalue weighted by molar-refractivity contribution is 5.91. The molecular formula is C19H21F3N6O3. The molecule has 1 fully saturated rings. The number of rotatable bonds is 4. The van der Waals surface area contributed by atoms with E-state index >= 15 is 0 Å². The van der Waals surface area contributed by atoms with Crippen LogP contribution in [0, 0.1) is 0 Å². The number of urea groups is 1. The number of dihydropyridines is 1. The molecule has 3 atom stereocenters. The van der Waals surface area contributed by atoms with E-state index in [-0.39, 0.29) is 6.04 Å². The van der Waals surface area contributed by atoms with Crippen LogP contribution in [-0.4, -0.2) is 75.8 Å². The number of nitrogens with zero attached hydrogens (tertiary/aromatic N) is 3. The number of aromatic nitrogens is 1. The number of aliphatic hydroxyl groups is 1. The molecule has 3 amide bonds. The number of allylic oxidation sites excluding steroid dienone is 1. The predicted octanol–water partition coefficient (Wildman–Crippen LogP) is 0.740. The molecule has 0 aliphatic carbocycles. The summed E-state index contributed by atoms with van der Waals surface area (Å²) in [6, 6.07) is 3.55. The maximum atomic E-state index is 13.0. The van der Waals surface area contributed by atoms with Gasteiger partial charge in [0.15, 0.2) is 6.10 Å². The van der Waals surface area contributed by atoms with Gasteiger partial charge in [0.25, 0.3) is 0 Å². The van der Waals surface area contributed by atoms with E-state index in [1.807, 2.05) is 0 Å². The molecular weight excluding hydrogens is 417 g/mol. The van der Waals surface area contributed by atoms with Crippen LogP contribution in [0.15, 0.2) is 48.1 Å². The first kappa shape index (κ1) is 21.0. The van der Waals surface area contributed by atoms with E-state index in [9.17, 15) is 22.8 Å². The number of hydrogen-bond donors (Lipinski definition) is 4. The van der Waals surface area contributed by atoms with Gasteiger partial charge in [0, 0.05) is 19.3 Å². The number of nitrogens with one attached hydrogen (secondary N) is 3. The van der Waals surface area contributed by atoms with E-state index in [0.717, 1.165) is 18.7 Å². The smallest absolute Gasteiger partial charge is 0.382 e. The minimum absolute atomic E-state index is 0.128. The van der Waals surface area contributed by atoms with Crippen molar-refractivity contribution in [2.75, 3.05) is 25.0 Å². The van der Waals surface area contributed by atoms with Crippen molar-refractivity contribution in [2.24, 2.45) is 0 Å². The Morgan fingerprint density at radius 1 is 1.35 bits per heavy atom. The van der Waals surface area contributed by atoms with Crippen molar-refractivity contribution in [3.05, 3.63) is 48.1 Å². The maximum absolute atomic E-state index is 13.0. The predicted molar refractivity (Wildman–Crippen MR) is 103 cm³/mol. The monoisotopic (exact) mass is 438 g/mol. The number of carbonyl (C=O) groups is 2. The van der Waals surface area contributed by atoms with Crippen molar-refractivity contribution < 1.29 is 27.9 Å². The zero-order valence-electron chi connectivity index (χ0n) is 16.3. The molecule has 1 unspecified atom stereocenters. The van der Waals surface area contributed by atoms with Gasteiger partial charge in [-0.05, 0) is 24.6 Å². The highest BCUT2D eigenvalue weighted by Gasteiger charge is 2.43. The molecule has 4 N–H and O–H groups in total. The van der Waals surface area contributed by atoms with Crippen LogP contribution in [0.4, 0.5) is 23.8 Å². The fraction of sp³-hybridized carbons (Fsp3) is 0.421. The van der Waals surface area contributed by atoms with E-state index in [1.54, 1.807) is 30.5 Å². The van der Waals surface area contributed by atoms with Crippen molar-refractivity contribution >= 4 is 17.8 Å².